The summed E-state index contributed by atoms with van der Waals surface area (Å²) in [5, 5.41) is 20.2. The van der Waals surface area contributed by atoms with Crippen LogP contribution in [0.15, 0.2) is 12.2 Å². The molecule has 18 heavy (non-hydrogen) atoms. The maximum atomic E-state index is 10.9. The van der Waals surface area contributed by atoms with Crippen LogP contribution in [0.2, 0.25) is 0 Å². The predicted molar refractivity (Wildman–Crippen MR) is 72.1 cm³/mol. The summed E-state index contributed by atoms with van der Waals surface area (Å²) in [7, 11) is 0. The molecule has 0 unspecified atom stereocenters. The van der Waals surface area contributed by atoms with Gasteiger partial charge >= 0.3 is 0 Å². The van der Waals surface area contributed by atoms with Crippen molar-refractivity contribution in [1.82, 2.24) is 0 Å². The van der Waals surface area contributed by atoms with Crippen molar-refractivity contribution in [2.45, 2.75) is 58.7 Å². The van der Waals surface area contributed by atoms with Gasteiger partial charge in [-0.25, -0.2) is 0 Å². The Hall–Kier alpha value is -0.670. The maximum Gasteiger partial charge on any atom is 0.120 e. The summed E-state index contributed by atoms with van der Waals surface area (Å²) in [6, 6.07) is 0. The van der Waals surface area contributed by atoms with Gasteiger partial charge in [-0.05, 0) is 31.1 Å². The van der Waals surface area contributed by atoms with Gasteiger partial charge in [0.15, 0.2) is 0 Å². The van der Waals surface area contributed by atoms with Crippen molar-refractivity contribution in [3.8, 4) is 0 Å². The van der Waals surface area contributed by atoms with Crippen LogP contribution in [0.4, 0.5) is 0 Å². The van der Waals surface area contributed by atoms with Gasteiger partial charge in [0.25, 0.3) is 0 Å². The summed E-state index contributed by atoms with van der Waals surface area (Å²) in [6.07, 6.45) is 6.04. The number of carbonyl (C=O) groups is 1. The molecule has 0 aromatic heterocycles. The third kappa shape index (κ3) is 2.83. The molecule has 1 saturated carbocycles. The van der Waals surface area contributed by atoms with Crippen molar-refractivity contribution in [2.75, 3.05) is 0 Å². The quantitative estimate of drug-likeness (QED) is 0.585. The molecule has 0 saturated heterocycles. The van der Waals surface area contributed by atoms with E-state index in [9.17, 15) is 15.0 Å². The van der Waals surface area contributed by atoms with Crippen molar-refractivity contribution >= 4 is 6.29 Å². The molecule has 1 fully saturated rings. The largest absolute Gasteiger partial charge is 0.389 e. The van der Waals surface area contributed by atoms with Gasteiger partial charge in [0.2, 0.25) is 0 Å². The molecule has 2 N–H and O–H groups in total. The van der Waals surface area contributed by atoms with Crippen LogP contribution in [-0.4, -0.2) is 28.2 Å². The molecule has 1 aliphatic rings. The van der Waals surface area contributed by atoms with Gasteiger partial charge in [-0.15, -0.1) is 0 Å². The number of aldehydes is 1. The Bertz CT molecular complexity index is 322. The molecule has 3 heteroatoms. The van der Waals surface area contributed by atoms with Gasteiger partial charge < -0.3 is 15.0 Å². The standard InChI is InChI=1S/C15H26O3/c1-11(2)15(18)8-7-14(4,9-10-16)13(15)6-5-12(3)17/h5-6,10-13,17-18H,7-9H2,1-4H3/b6-5+/t12-,13+,14+,15+/m0/s1. The summed E-state index contributed by atoms with van der Waals surface area (Å²) >= 11 is 0. The lowest BCUT2D eigenvalue weighted by Crippen LogP contribution is -2.42. The van der Waals surface area contributed by atoms with Crippen LogP contribution < -0.4 is 0 Å². The van der Waals surface area contributed by atoms with Crippen LogP contribution >= 0.6 is 0 Å². The molecule has 0 bridgehead atoms. The minimum atomic E-state index is -0.775. The zero-order valence-corrected chi connectivity index (χ0v) is 11.9. The third-order valence-corrected chi connectivity index (χ3v) is 4.52. The van der Waals surface area contributed by atoms with Gasteiger partial charge in [0.05, 0.1) is 11.7 Å². The molecule has 0 spiro atoms. The van der Waals surface area contributed by atoms with Crippen LogP contribution in [0.25, 0.3) is 0 Å². The highest BCUT2D eigenvalue weighted by Gasteiger charge is 2.53. The fourth-order valence-corrected chi connectivity index (χ4v) is 3.14. The van der Waals surface area contributed by atoms with E-state index in [1.54, 1.807) is 13.0 Å². The van der Waals surface area contributed by atoms with Crippen LogP contribution in [0.1, 0.15) is 47.0 Å². The van der Waals surface area contributed by atoms with Crippen LogP contribution in [-0.2, 0) is 4.79 Å². The van der Waals surface area contributed by atoms with E-state index in [1.165, 1.54) is 0 Å². The molecule has 0 heterocycles. The molecular weight excluding hydrogens is 228 g/mol. The van der Waals surface area contributed by atoms with E-state index in [1.807, 2.05) is 19.9 Å². The van der Waals surface area contributed by atoms with E-state index in [4.69, 9.17) is 0 Å². The van der Waals surface area contributed by atoms with Gasteiger partial charge in [-0.1, -0.05) is 32.9 Å². The van der Waals surface area contributed by atoms with Crippen molar-refractivity contribution in [3.05, 3.63) is 12.2 Å². The minimum Gasteiger partial charge on any atom is -0.389 e. The average Bonchev–Trinajstić information content (AvgIpc) is 2.50. The fraction of sp³-hybridized carbons (Fsp3) is 0.800. The lowest BCUT2D eigenvalue weighted by atomic mass is 9.70. The molecule has 0 aromatic carbocycles. The number of rotatable bonds is 5. The van der Waals surface area contributed by atoms with Crippen LogP contribution in [0, 0.1) is 17.3 Å². The van der Waals surface area contributed by atoms with Gasteiger partial charge in [-0.2, -0.15) is 0 Å². The van der Waals surface area contributed by atoms with Crippen LogP contribution in [0.3, 0.4) is 0 Å². The van der Waals surface area contributed by atoms with Gasteiger partial charge in [0, 0.05) is 12.3 Å². The molecule has 0 aromatic rings. The fourth-order valence-electron chi connectivity index (χ4n) is 3.14. The number of hydrogen-bond acceptors (Lipinski definition) is 3. The van der Waals surface area contributed by atoms with Crippen molar-refractivity contribution < 1.29 is 15.0 Å². The zero-order valence-electron chi connectivity index (χ0n) is 11.9. The topological polar surface area (TPSA) is 57.5 Å². The molecule has 4 atom stereocenters. The summed E-state index contributed by atoms with van der Waals surface area (Å²) < 4.78 is 0. The van der Waals surface area contributed by atoms with E-state index >= 15 is 0 Å². The van der Waals surface area contributed by atoms with Crippen LogP contribution in [0.5, 0.6) is 0 Å². The Morgan fingerprint density at radius 2 is 1.94 bits per heavy atom. The first-order valence-corrected chi connectivity index (χ1v) is 6.78. The Morgan fingerprint density at radius 3 is 2.39 bits per heavy atom. The first-order chi connectivity index (χ1) is 8.26. The number of hydrogen-bond donors (Lipinski definition) is 2. The summed E-state index contributed by atoms with van der Waals surface area (Å²) in [6.45, 7) is 7.77. The second kappa shape index (κ2) is 5.54. The lowest BCUT2D eigenvalue weighted by Gasteiger charge is -2.38. The molecule has 104 valence electrons. The van der Waals surface area contributed by atoms with Crippen molar-refractivity contribution in [1.29, 1.82) is 0 Å². The first-order valence-electron chi connectivity index (χ1n) is 6.78. The van der Waals surface area contributed by atoms with Gasteiger partial charge in [-0.3, -0.25) is 0 Å². The zero-order chi connectivity index (χ0) is 14.0. The molecule has 1 rings (SSSR count). The average molecular weight is 254 g/mol. The summed E-state index contributed by atoms with van der Waals surface area (Å²) in [5.41, 5.74) is -0.977. The Kier molecular flexibility index (Phi) is 4.73. The van der Waals surface area contributed by atoms with Crippen molar-refractivity contribution in [3.63, 3.8) is 0 Å². The van der Waals surface area contributed by atoms with Crippen molar-refractivity contribution in [2.24, 2.45) is 17.3 Å². The highest BCUT2D eigenvalue weighted by Crippen LogP contribution is 2.54. The predicted octanol–water partition coefficient (Wildman–Crippen LogP) is 2.32. The number of aliphatic hydroxyl groups is 2. The Morgan fingerprint density at radius 1 is 1.33 bits per heavy atom. The first kappa shape index (κ1) is 15.4. The Labute approximate surface area is 110 Å². The maximum absolute atomic E-state index is 10.9. The molecule has 3 nitrogen and oxygen atoms in total. The smallest absolute Gasteiger partial charge is 0.120 e. The third-order valence-electron chi connectivity index (χ3n) is 4.52. The SMILES string of the molecule is CC(C)[C@]1(O)CC[C@](C)(CC=O)[C@H]1/C=C/[C@H](C)O. The lowest BCUT2D eigenvalue weighted by molar-refractivity contribution is -0.110. The highest BCUT2D eigenvalue weighted by atomic mass is 16.3. The summed E-state index contributed by atoms with van der Waals surface area (Å²) in [4.78, 5) is 10.9. The van der Waals surface area contributed by atoms with E-state index in [0.29, 0.717) is 12.8 Å². The molecule has 0 radical (unpaired) electrons. The second-order valence-electron chi connectivity index (χ2n) is 6.27. The molecular formula is C15H26O3. The minimum absolute atomic E-state index is 0.0789. The highest BCUT2D eigenvalue weighted by molar-refractivity contribution is 5.51. The normalized spacial score (nSPS) is 38.5. The Balaban J connectivity index is 3.07. The van der Waals surface area contributed by atoms with E-state index in [2.05, 4.69) is 6.92 Å². The molecule has 0 amide bonds. The number of aliphatic hydroxyl groups excluding tert-OH is 1. The van der Waals surface area contributed by atoms with E-state index in [-0.39, 0.29) is 17.3 Å². The van der Waals surface area contributed by atoms with E-state index in [0.717, 1.165) is 12.7 Å². The molecule has 1 aliphatic carbocycles. The monoisotopic (exact) mass is 254 g/mol. The molecule has 0 aliphatic heterocycles. The van der Waals surface area contributed by atoms with Gasteiger partial charge in [0.1, 0.15) is 6.29 Å². The second-order valence-corrected chi connectivity index (χ2v) is 6.27. The van der Waals surface area contributed by atoms with E-state index < -0.39 is 11.7 Å². The number of carbonyl (C=O) groups excluding carboxylic acids is 1. The summed E-state index contributed by atoms with van der Waals surface area (Å²) in [5.74, 6) is 0.0550.